The first kappa shape index (κ1) is 13.6. The van der Waals surface area contributed by atoms with Crippen LogP contribution in [-0.4, -0.2) is 39.1 Å². The fourth-order valence-electron chi connectivity index (χ4n) is 1.10. The maximum Gasteiger partial charge on any atom is 0.325 e. The number of carbonyl (C=O) groups is 1. The van der Waals surface area contributed by atoms with Gasteiger partial charge in [-0.3, -0.25) is 9.78 Å². The summed E-state index contributed by atoms with van der Waals surface area (Å²) in [6.07, 6.45) is 2.62. The van der Waals surface area contributed by atoms with E-state index >= 15 is 0 Å². The van der Waals surface area contributed by atoms with Gasteiger partial charge in [0, 0.05) is 18.9 Å². The molecule has 1 aromatic rings. The molecule has 0 aliphatic rings. The van der Waals surface area contributed by atoms with E-state index in [0.717, 1.165) is 7.11 Å². The van der Waals surface area contributed by atoms with Crippen LogP contribution in [0.4, 0.5) is 0 Å². The number of ether oxygens (including phenoxy) is 1. The first-order valence-corrected chi connectivity index (χ1v) is 6.20. The third-order valence-electron chi connectivity index (χ3n) is 1.96. The van der Waals surface area contributed by atoms with Crippen LogP contribution in [0.5, 0.6) is 0 Å². The van der Waals surface area contributed by atoms with E-state index in [1.807, 2.05) is 0 Å². The van der Waals surface area contributed by atoms with Crippen molar-refractivity contribution in [3.8, 4) is 0 Å². The van der Waals surface area contributed by atoms with Crippen molar-refractivity contribution in [2.75, 3.05) is 13.7 Å². The second kappa shape index (κ2) is 5.71. The zero-order chi connectivity index (χ0) is 12.9. The van der Waals surface area contributed by atoms with Crippen LogP contribution in [0.25, 0.3) is 0 Å². The average Bonchev–Trinajstić information content (AvgIpc) is 2.36. The Balaban J connectivity index is 2.90. The molecule has 1 aromatic heterocycles. The van der Waals surface area contributed by atoms with Gasteiger partial charge in [0.15, 0.2) is 0 Å². The van der Waals surface area contributed by atoms with Crippen molar-refractivity contribution in [1.29, 1.82) is 0 Å². The number of esters is 1. The van der Waals surface area contributed by atoms with E-state index in [1.165, 1.54) is 24.5 Å². The molecular weight excluding hydrogens is 246 g/mol. The van der Waals surface area contributed by atoms with Crippen LogP contribution in [0.1, 0.15) is 0 Å². The predicted molar refractivity (Wildman–Crippen MR) is 59.4 cm³/mol. The van der Waals surface area contributed by atoms with E-state index in [-0.39, 0.29) is 11.4 Å². The molecule has 0 bridgehead atoms. The van der Waals surface area contributed by atoms with Crippen LogP contribution in [0.15, 0.2) is 29.4 Å². The van der Waals surface area contributed by atoms with Crippen molar-refractivity contribution in [2.45, 2.75) is 10.9 Å². The highest BCUT2D eigenvalue weighted by Gasteiger charge is 2.25. The first-order chi connectivity index (χ1) is 8.01. The molecule has 0 radical (unpaired) electrons. The van der Waals surface area contributed by atoms with Gasteiger partial charge in [-0.25, -0.2) is 8.42 Å². The maximum atomic E-state index is 11.8. The molecule has 0 unspecified atom stereocenters. The normalized spacial score (nSPS) is 13.1. The van der Waals surface area contributed by atoms with Crippen molar-refractivity contribution >= 4 is 16.0 Å². The number of methoxy groups -OCH3 is 1. The number of nitrogens with one attached hydrogen (secondary N) is 1. The molecule has 0 aliphatic carbocycles. The summed E-state index contributed by atoms with van der Waals surface area (Å²) in [5.41, 5.74) is 5.29. The van der Waals surface area contributed by atoms with Crippen molar-refractivity contribution in [3.63, 3.8) is 0 Å². The summed E-state index contributed by atoms with van der Waals surface area (Å²) in [5.74, 6) is -0.736. The number of rotatable bonds is 5. The van der Waals surface area contributed by atoms with Gasteiger partial charge in [0.05, 0.1) is 7.11 Å². The summed E-state index contributed by atoms with van der Waals surface area (Å²) in [6, 6.07) is 1.73. The summed E-state index contributed by atoms with van der Waals surface area (Å²) >= 11 is 0. The van der Waals surface area contributed by atoms with Gasteiger partial charge in [-0.05, 0) is 12.1 Å². The molecule has 0 aromatic carbocycles. The molecule has 94 valence electrons. The maximum absolute atomic E-state index is 11.8. The van der Waals surface area contributed by atoms with Gasteiger partial charge in [-0.15, -0.1) is 0 Å². The SMILES string of the molecule is COC(=O)[C@H](CN)NS(=O)(=O)c1cccnc1. The summed E-state index contributed by atoms with van der Waals surface area (Å²) in [4.78, 5) is 14.9. The molecule has 1 heterocycles. The average molecular weight is 259 g/mol. The Morgan fingerprint density at radius 2 is 2.35 bits per heavy atom. The summed E-state index contributed by atoms with van der Waals surface area (Å²) < 4.78 is 30.2. The molecule has 7 nitrogen and oxygen atoms in total. The van der Waals surface area contributed by atoms with Gasteiger partial charge in [-0.1, -0.05) is 0 Å². The van der Waals surface area contributed by atoms with E-state index < -0.39 is 22.0 Å². The standard InChI is InChI=1S/C9H13N3O4S/c1-16-9(13)8(5-10)12-17(14,15)7-3-2-4-11-6-7/h2-4,6,8,12H,5,10H2,1H3/t8-/m0/s1. The lowest BCUT2D eigenvalue weighted by Gasteiger charge is -2.14. The number of hydrogen-bond acceptors (Lipinski definition) is 6. The van der Waals surface area contributed by atoms with E-state index in [4.69, 9.17) is 5.73 Å². The predicted octanol–water partition coefficient (Wildman–Crippen LogP) is -1.14. The van der Waals surface area contributed by atoms with Crippen molar-refractivity contribution < 1.29 is 17.9 Å². The van der Waals surface area contributed by atoms with Gasteiger partial charge < -0.3 is 10.5 Å². The van der Waals surface area contributed by atoms with Crippen LogP contribution >= 0.6 is 0 Å². The molecule has 8 heteroatoms. The summed E-state index contributed by atoms with van der Waals surface area (Å²) in [6.45, 7) is -0.188. The fourth-order valence-corrected chi connectivity index (χ4v) is 2.26. The van der Waals surface area contributed by atoms with Crippen molar-refractivity contribution in [1.82, 2.24) is 9.71 Å². The van der Waals surface area contributed by atoms with Gasteiger partial charge in [-0.2, -0.15) is 4.72 Å². The molecular formula is C9H13N3O4S. The van der Waals surface area contributed by atoms with E-state index in [9.17, 15) is 13.2 Å². The second-order valence-corrected chi connectivity index (χ2v) is 4.84. The number of carbonyl (C=O) groups excluding carboxylic acids is 1. The third-order valence-corrected chi connectivity index (χ3v) is 3.42. The molecule has 17 heavy (non-hydrogen) atoms. The Morgan fingerprint density at radius 1 is 1.65 bits per heavy atom. The smallest absolute Gasteiger partial charge is 0.325 e. The number of nitrogens with two attached hydrogens (primary N) is 1. The van der Waals surface area contributed by atoms with Gasteiger partial charge >= 0.3 is 5.97 Å². The van der Waals surface area contributed by atoms with Crippen molar-refractivity contribution in [2.24, 2.45) is 5.73 Å². The zero-order valence-electron chi connectivity index (χ0n) is 9.16. The monoisotopic (exact) mass is 259 g/mol. The lowest BCUT2D eigenvalue weighted by molar-refractivity contribution is -0.142. The van der Waals surface area contributed by atoms with Crippen molar-refractivity contribution in [3.05, 3.63) is 24.5 Å². The topological polar surface area (TPSA) is 111 Å². The Kier molecular flexibility index (Phi) is 4.55. The minimum absolute atomic E-state index is 0.0395. The van der Waals surface area contributed by atoms with Crippen LogP contribution in [0.3, 0.4) is 0 Å². The molecule has 0 aliphatic heterocycles. The second-order valence-electron chi connectivity index (χ2n) is 3.12. The highest BCUT2D eigenvalue weighted by atomic mass is 32.2. The molecule has 1 atom stereocenters. The van der Waals surface area contributed by atoms with Gasteiger partial charge in [0.25, 0.3) is 0 Å². The Hall–Kier alpha value is -1.51. The van der Waals surface area contributed by atoms with Crippen LogP contribution in [-0.2, 0) is 19.6 Å². The number of aromatic nitrogens is 1. The van der Waals surface area contributed by atoms with Gasteiger partial charge in [0.1, 0.15) is 10.9 Å². The molecule has 1 rings (SSSR count). The van der Waals surface area contributed by atoms with E-state index in [1.54, 1.807) is 0 Å². The van der Waals surface area contributed by atoms with E-state index in [2.05, 4.69) is 14.4 Å². The molecule has 0 amide bonds. The Bertz CT molecular complexity index is 474. The number of pyridine rings is 1. The Labute approximate surface area is 99.0 Å². The number of sulfonamides is 1. The Morgan fingerprint density at radius 3 is 2.82 bits per heavy atom. The van der Waals surface area contributed by atoms with Gasteiger partial charge in [0.2, 0.25) is 10.0 Å². The molecule has 0 spiro atoms. The number of nitrogens with zero attached hydrogens (tertiary/aromatic N) is 1. The van der Waals surface area contributed by atoms with Crippen LogP contribution in [0, 0.1) is 0 Å². The first-order valence-electron chi connectivity index (χ1n) is 4.71. The highest BCUT2D eigenvalue weighted by Crippen LogP contribution is 2.06. The molecule has 0 saturated carbocycles. The lowest BCUT2D eigenvalue weighted by Crippen LogP contribution is -2.46. The molecule has 0 fully saturated rings. The molecule has 3 N–H and O–H groups in total. The lowest BCUT2D eigenvalue weighted by atomic mass is 10.3. The molecule has 0 saturated heterocycles. The fraction of sp³-hybridized carbons (Fsp3) is 0.333. The zero-order valence-corrected chi connectivity index (χ0v) is 9.98. The minimum Gasteiger partial charge on any atom is -0.468 e. The quantitative estimate of drug-likeness (QED) is 0.646. The third kappa shape index (κ3) is 3.48. The summed E-state index contributed by atoms with van der Waals surface area (Å²) in [7, 11) is -2.66. The van der Waals surface area contributed by atoms with E-state index in [0.29, 0.717) is 0 Å². The summed E-state index contributed by atoms with van der Waals surface area (Å²) in [5, 5.41) is 0. The van der Waals surface area contributed by atoms with Crippen LogP contribution in [0.2, 0.25) is 0 Å². The largest absolute Gasteiger partial charge is 0.468 e. The highest BCUT2D eigenvalue weighted by molar-refractivity contribution is 7.89. The minimum atomic E-state index is -3.82. The number of hydrogen-bond donors (Lipinski definition) is 2. The van der Waals surface area contributed by atoms with Crippen LogP contribution < -0.4 is 10.5 Å².